The Morgan fingerprint density at radius 3 is 2.66 bits per heavy atom. The van der Waals surface area contributed by atoms with Gasteiger partial charge in [0.1, 0.15) is 17.4 Å². The van der Waals surface area contributed by atoms with E-state index in [9.17, 15) is 14.7 Å². The Kier molecular flexibility index (Phi) is 6.21. The van der Waals surface area contributed by atoms with Gasteiger partial charge in [-0.15, -0.1) is 16.9 Å². The van der Waals surface area contributed by atoms with Crippen molar-refractivity contribution >= 4 is 32.0 Å². The van der Waals surface area contributed by atoms with Gasteiger partial charge in [-0.3, -0.25) is 9.69 Å². The number of aryl methyl sites for hydroxylation is 1. The second kappa shape index (κ2) is 8.19. The van der Waals surface area contributed by atoms with Gasteiger partial charge in [0, 0.05) is 18.1 Å². The van der Waals surface area contributed by atoms with Crippen molar-refractivity contribution in [1.82, 2.24) is 25.1 Å². The minimum atomic E-state index is -1.96. The van der Waals surface area contributed by atoms with Crippen molar-refractivity contribution in [3.8, 4) is 0 Å². The predicted molar refractivity (Wildman–Crippen MR) is 111 cm³/mol. The van der Waals surface area contributed by atoms with Crippen molar-refractivity contribution < 1.29 is 19.1 Å². The Hall–Kier alpha value is -1.72. The molecule has 3 rings (SSSR count). The molecule has 160 valence electrons. The quantitative estimate of drug-likeness (QED) is 0.355. The molecule has 0 saturated carbocycles. The number of hydrogen-bond acceptors (Lipinski definition) is 7. The van der Waals surface area contributed by atoms with Gasteiger partial charge in [0.15, 0.2) is 8.32 Å². The van der Waals surface area contributed by atoms with Gasteiger partial charge in [-0.05, 0) is 47.8 Å². The van der Waals surface area contributed by atoms with Crippen LogP contribution in [0.1, 0.15) is 40.0 Å². The van der Waals surface area contributed by atoms with E-state index in [0.717, 1.165) is 17.7 Å². The van der Waals surface area contributed by atoms with E-state index in [4.69, 9.17) is 4.43 Å². The van der Waals surface area contributed by atoms with Crippen LogP contribution in [0.3, 0.4) is 0 Å². The number of carboxylic acids is 1. The molecule has 0 spiro atoms. The summed E-state index contributed by atoms with van der Waals surface area (Å²) in [4.78, 5) is 26.7. The summed E-state index contributed by atoms with van der Waals surface area (Å²) in [6.45, 7) is 11.9. The summed E-state index contributed by atoms with van der Waals surface area (Å²) in [6.07, 6.45) is 3.83. The van der Waals surface area contributed by atoms with Crippen LogP contribution in [0.2, 0.25) is 18.1 Å². The van der Waals surface area contributed by atoms with Crippen molar-refractivity contribution in [2.24, 2.45) is 5.92 Å². The topological polar surface area (TPSA) is 110 Å². The van der Waals surface area contributed by atoms with Crippen molar-refractivity contribution in [1.29, 1.82) is 0 Å². The number of hydrogen-bond donors (Lipinski definition) is 1. The fraction of sp³-hybridized carbons (Fsp3) is 0.722. The van der Waals surface area contributed by atoms with Gasteiger partial charge in [-0.2, -0.15) is 0 Å². The van der Waals surface area contributed by atoms with E-state index in [1.54, 1.807) is 11.0 Å². The van der Waals surface area contributed by atoms with Gasteiger partial charge in [0.05, 0.1) is 5.92 Å². The number of β-lactam (4-membered cyclic amide) rings is 1. The Morgan fingerprint density at radius 1 is 1.34 bits per heavy atom. The first kappa shape index (κ1) is 22.0. The van der Waals surface area contributed by atoms with Crippen molar-refractivity contribution in [3.05, 3.63) is 16.9 Å². The molecule has 11 heteroatoms. The first-order valence-electron chi connectivity index (χ1n) is 9.84. The number of carbonyl (C=O) groups excluding carboxylic acids is 1. The van der Waals surface area contributed by atoms with Crippen LogP contribution in [-0.2, 0) is 20.6 Å². The van der Waals surface area contributed by atoms with Gasteiger partial charge in [0.25, 0.3) is 0 Å². The van der Waals surface area contributed by atoms with E-state index in [-0.39, 0.29) is 27.9 Å². The molecule has 0 aliphatic carbocycles. The Labute approximate surface area is 176 Å². The van der Waals surface area contributed by atoms with Crippen LogP contribution < -0.4 is 0 Å². The number of unbranched alkanes of at least 4 members (excludes halogenated alkanes) is 1. The lowest BCUT2D eigenvalue weighted by molar-refractivity contribution is -0.153. The molecule has 3 heterocycles. The van der Waals surface area contributed by atoms with Crippen LogP contribution in [0.15, 0.2) is 16.9 Å². The molecule has 1 aromatic rings. The molecule has 2 aliphatic rings. The number of aliphatic carboxylic acids is 1. The number of carbonyl (C=O) groups is 2. The van der Waals surface area contributed by atoms with Gasteiger partial charge < -0.3 is 9.53 Å². The molecule has 0 unspecified atom stereocenters. The zero-order valence-corrected chi connectivity index (χ0v) is 19.4. The lowest BCUT2D eigenvalue weighted by Crippen LogP contribution is -2.60. The predicted octanol–water partition coefficient (Wildman–Crippen LogP) is 2.69. The standard InChI is InChI=1S/C18H29N5O4SSi/c1-18(2,3)29(4,5)27-10-12-15(24)23-14(17(25)26)13(28-16(12)23)8-6-7-9-22-11-19-20-21-22/h11-12,16H,6-10H2,1-5H3,(H,25,26)/t12-,16+/m0/s1. The highest BCUT2D eigenvalue weighted by atomic mass is 32.2. The molecule has 1 amide bonds. The number of fused-ring (bicyclic) bond motifs is 1. The van der Waals surface area contributed by atoms with Gasteiger partial charge >= 0.3 is 5.97 Å². The number of thioether (sulfide) groups is 1. The molecule has 1 saturated heterocycles. The molecule has 29 heavy (non-hydrogen) atoms. The molecule has 0 bridgehead atoms. The number of amides is 1. The second-order valence-electron chi connectivity index (χ2n) is 9.00. The summed E-state index contributed by atoms with van der Waals surface area (Å²) in [7, 11) is -1.96. The molecule has 1 fully saturated rings. The smallest absolute Gasteiger partial charge is 0.353 e. The SMILES string of the molecule is CC(C)(C)[Si](C)(C)OC[C@H]1C(=O)N2C(C(=O)O)=C(CCCCn3cnnn3)S[C@H]12. The monoisotopic (exact) mass is 439 g/mol. The second-order valence-corrected chi connectivity index (χ2v) is 15.0. The fourth-order valence-electron chi connectivity index (χ4n) is 3.14. The fourth-order valence-corrected chi connectivity index (χ4v) is 5.70. The molecule has 9 nitrogen and oxygen atoms in total. The first-order valence-corrected chi connectivity index (χ1v) is 13.6. The molecule has 0 radical (unpaired) electrons. The third-order valence-electron chi connectivity index (χ3n) is 5.99. The highest BCUT2D eigenvalue weighted by Crippen LogP contribution is 2.51. The van der Waals surface area contributed by atoms with Crippen molar-refractivity contribution in [2.75, 3.05) is 6.61 Å². The lowest BCUT2D eigenvalue weighted by atomic mass is 9.98. The average molecular weight is 440 g/mol. The van der Waals surface area contributed by atoms with Crippen LogP contribution in [-0.4, -0.2) is 62.4 Å². The summed E-state index contributed by atoms with van der Waals surface area (Å²) in [5.74, 6) is -1.45. The van der Waals surface area contributed by atoms with Gasteiger partial charge in [0.2, 0.25) is 5.91 Å². The molecule has 1 aromatic heterocycles. The van der Waals surface area contributed by atoms with Crippen LogP contribution in [0.25, 0.3) is 0 Å². The average Bonchev–Trinajstić information content (AvgIpc) is 3.23. The number of nitrogens with zero attached hydrogens (tertiary/aromatic N) is 5. The summed E-state index contributed by atoms with van der Waals surface area (Å²) in [6, 6.07) is 0. The molecule has 1 N–H and O–H groups in total. The highest BCUT2D eigenvalue weighted by molar-refractivity contribution is 8.04. The molecule has 0 aromatic carbocycles. The maximum absolute atomic E-state index is 12.7. The third-order valence-corrected chi connectivity index (χ3v) is 11.9. The lowest BCUT2D eigenvalue weighted by Gasteiger charge is -2.44. The minimum absolute atomic E-state index is 0.0670. The summed E-state index contributed by atoms with van der Waals surface area (Å²) < 4.78 is 7.89. The summed E-state index contributed by atoms with van der Waals surface area (Å²) >= 11 is 1.51. The van der Waals surface area contributed by atoms with E-state index in [1.165, 1.54) is 16.7 Å². The number of tetrazole rings is 1. The van der Waals surface area contributed by atoms with Crippen molar-refractivity contribution in [3.63, 3.8) is 0 Å². The minimum Gasteiger partial charge on any atom is -0.477 e. The summed E-state index contributed by atoms with van der Waals surface area (Å²) in [5, 5.41) is 20.6. The number of allylic oxidation sites excluding steroid dienone is 1. The zero-order valence-electron chi connectivity index (χ0n) is 17.6. The van der Waals surface area contributed by atoms with Crippen LogP contribution >= 0.6 is 11.8 Å². The number of aromatic nitrogens is 4. The van der Waals surface area contributed by atoms with E-state index >= 15 is 0 Å². The van der Waals surface area contributed by atoms with Crippen LogP contribution in [0.5, 0.6) is 0 Å². The maximum Gasteiger partial charge on any atom is 0.353 e. The maximum atomic E-state index is 12.7. The Bertz CT molecular complexity index is 806. The van der Waals surface area contributed by atoms with E-state index in [0.29, 0.717) is 19.6 Å². The largest absolute Gasteiger partial charge is 0.477 e. The number of carboxylic acid groups (broad SMARTS) is 1. The summed E-state index contributed by atoms with van der Waals surface area (Å²) in [5.41, 5.74) is 0.149. The van der Waals surface area contributed by atoms with Crippen LogP contribution in [0, 0.1) is 5.92 Å². The molecular formula is C18H29N5O4SSi. The highest BCUT2D eigenvalue weighted by Gasteiger charge is 2.56. The Balaban J connectivity index is 1.58. The molecule has 2 aliphatic heterocycles. The normalized spacial score (nSPS) is 22.1. The van der Waals surface area contributed by atoms with E-state index < -0.39 is 14.3 Å². The van der Waals surface area contributed by atoms with Crippen molar-refractivity contribution in [2.45, 2.75) is 70.1 Å². The Morgan fingerprint density at radius 2 is 2.07 bits per heavy atom. The van der Waals surface area contributed by atoms with E-state index in [2.05, 4.69) is 49.4 Å². The van der Waals surface area contributed by atoms with Gasteiger partial charge in [-0.1, -0.05) is 20.8 Å². The molecule has 2 atom stereocenters. The third kappa shape index (κ3) is 4.41. The molecular weight excluding hydrogens is 410 g/mol. The zero-order chi connectivity index (χ0) is 21.4. The number of rotatable bonds is 9. The van der Waals surface area contributed by atoms with Gasteiger partial charge in [-0.25, -0.2) is 9.48 Å². The van der Waals surface area contributed by atoms with E-state index in [1.807, 2.05) is 0 Å². The first-order chi connectivity index (χ1) is 13.5. The van der Waals surface area contributed by atoms with Crippen LogP contribution in [0.4, 0.5) is 0 Å².